The fourth-order valence-corrected chi connectivity index (χ4v) is 1.19. The normalized spacial score (nSPS) is 13.0. The molecule has 0 radical (unpaired) electrons. The van der Waals surface area contributed by atoms with Gasteiger partial charge in [-0.1, -0.05) is 71.2 Å². The van der Waals surface area contributed by atoms with Gasteiger partial charge in [0.05, 0.1) is 5.70 Å². The number of ketones is 1. The summed E-state index contributed by atoms with van der Waals surface area (Å²) >= 11 is 16.5. The molecular formula is C12H10Cl3NO. The van der Waals surface area contributed by atoms with Gasteiger partial charge in [-0.3, -0.25) is 4.79 Å². The smallest absolute Gasteiger partial charge is 0.230 e. The molecule has 90 valence electrons. The Balaban J connectivity index is 2.72. The summed E-state index contributed by atoms with van der Waals surface area (Å²) < 4.78 is -1.75. The molecule has 0 aliphatic carbocycles. The van der Waals surface area contributed by atoms with Gasteiger partial charge in [-0.2, -0.15) is 0 Å². The maximum Gasteiger partial charge on any atom is 0.230 e. The first-order valence-electron chi connectivity index (χ1n) is 4.71. The highest BCUT2D eigenvalue weighted by molar-refractivity contribution is 6.69. The van der Waals surface area contributed by atoms with E-state index in [4.69, 9.17) is 40.5 Å². The van der Waals surface area contributed by atoms with Gasteiger partial charge in [-0.25, -0.2) is 0 Å². The maximum atomic E-state index is 11.5. The Morgan fingerprint density at radius 2 is 1.76 bits per heavy atom. The molecule has 0 saturated heterocycles. The fourth-order valence-electron chi connectivity index (χ4n) is 1.03. The molecule has 1 aromatic rings. The first kappa shape index (κ1) is 14.1. The number of benzene rings is 1. The van der Waals surface area contributed by atoms with Crippen LogP contribution in [-0.4, -0.2) is 9.58 Å². The van der Waals surface area contributed by atoms with E-state index in [2.05, 4.69) is 0 Å². The van der Waals surface area contributed by atoms with Gasteiger partial charge in [0.2, 0.25) is 3.79 Å². The van der Waals surface area contributed by atoms with E-state index in [0.29, 0.717) is 0 Å². The van der Waals surface area contributed by atoms with Crippen molar-refractivity contribution in [2.24, 2.45) is 5.73 Å². The summed E-state index contributed by atoms with van der Waals surface area (Å²) in [6.45, 7) is 0. The maximum absolute atomic E-state index is 11.5. The van der Waals surface area contributed by atoms with Crippen molar-refractivity contribution in [3.63, 3.8) is 0 Å². The first-order chi connectivity index (χ1) is 7.89. The second-order valence-corrected chi connectivity index (χ2v) is 5.53. The number of rotatable bonds is 3. The van der Waals surface area contributed by atoms with Crippen LogP contribution >= 0.6 is 34.8 Å². The molecule has 0 fully saturated rings. The van der Waals surface area contributed by atoms with Crippen molar-refractivity contribution in [3.8, 4) is 0 Å². The molecule has 0 heterocycles. The Kier molecular flexibility index (Phi) is 5.06. The van der Waals surface area contributed by atoms with E-state index in [-0.39, 0.29) is 11.5 Å². The molecule has 1 rings (SSSR count). The summed E-state index contributed by atoms with van der Waals surface area (Å²) in [6, 6.07) is 9.36. The largest absolute Gasteiger partial charge is 0.398 e. The van der Waals surface area contributed by atoms with Crippen LogP contribution in [0.1, 0.15) is 5.56 Å². The first-order valence-corrected chi connectivity index (χ1v) is 5.84. The van der Waals surface area contributed by atoms with E-state index in [0.717, 1.165) is 11.6 Å². The van der Waals surface area contributed by atoms with Crippen LogP contribution in [0.2, 0.25) is 0 Å². The molecule has 0 bridgehead atoms. The summed E-state index contributed by atoms with van der Waals surface area (Å²) in [6.07, 6.45) is 4.11. The molecule has 1 aromatic carbocycles. The molecule has 17 heavy (non-hydrogen) atoms. The topological polar surface area (TPSA) is 43.1 Å². The molecule has 0 spiro atoms. The second-order valence-electron chi connectivity index (χ2n) is 3.24. The Morgan fingerprint density at radius 1 is 1.18 bits per heavy atom. The molecule has 2 nitrogen and oxygen atoms in total. The lowest BCUT2D eigenvalue weighted by atomic mass is 10.2. The Hall–Kier alpha value is -0.960. The van der Waals surface area contributed by atoms with Crippen molar-refractivity contribution in [2.75, 3.05) is 0 Å². The standard InChI is InChI=1S/C12H10Cl3NO/c13-12(14,15)11(16)8-10(17)7-6-9-4-2-1-3-5-9/h1-8H,16H2/b7-6+,11-8-. The van der Waals surface area contributed by atoms with E-state index in [1.54, 1.807) is 6.08 Å². The van der Waals surface area contributed by atoms with Crippen LogP contribution < -0.4 is 5.73 Å². The van der Waals surface area contributed by atoms with E-state index < -0.39 is 3.79 Å². The number of allylic oxidation sites excluding steroid dienone is 3. The van der Waals surface area contributed by atoms with Crippen molar-refractivity contribution >= 4 is 46.7 Å². The van der Waals surface area contributed by atoms with Gasteiger partial charge >= 0.3 is 0 Å². The summed E-state index contributed by atoms with van der Waals surface area (Å²) in [5, 5.41) is 0. The number of halogens is 3. The zero-order valence-corrected chi connectivity index (χ0v) is 11.0. The molecule has 0 aliphatic rings. The van der Waals surface area contributed by atoms with Crippen molar-refractivity contribution < 1.29 is 4.79 Å². The van der Waals surface area contributed by atoms with Crippen LogP contribution in [0.15, 0.2) is 48.2 Å². The zero-order chi connectivity index (χ0) is 12.9. The second kappa shape index (κ2) is 6.10. The molecule has 0 aromatic heterocycles. The number of alkyl halides is 3. The SMILES string of the molecule is N/C(=C\C(=O)/C=C/c1ccccc1)C(Cl)(Cl)Cl. The number of nitrogens with two attached hydrogens (primary N) is 1. The van der Waals surface area contributed by atoms with Crippen molar-refractivity contribution in [1.82, 2.24) is 0 Å². The molecular weight excluding hydrogens is 280 g/mol. The molecule has 0 aliphatic heterocycles. The third-order valence-electron chi connectivity index (χ3n) is 1.86. The summed E-state index contributed by atoms with van der Waals surface area (Å²) in [4.78, 5) is 11.5. The predicted molar refractivity (Wildman–Crippen MR) is 73.0 cm³/mol. The van der Waals surface area contributed by atoms with Crippen molar-refractivity contribution in [1.29, 1.82) is 0 Å². The lowest BCUT2D eigenvalue weighted by Gasteiger charge is -2.09. The van der Waals surface area contributed by atoms with E-state index >= 15 is 0 Å². The highest BCUT2D eigenvalue weighted by Crippen LogP contribution is 2.31. The van der Waals surface area contributed by atoms with E-state index in [1.165, 1.54) is 6.08 Å². The molecule has 2 N–H and O–H groups in total. The van der Waals surface area contributed by atoms with Crippen LogP contribution in [0.5, 0.6) is 0 Å². The van der Waals surface area contributed by atoms with E-state index in [9.17, 15) is 4.79 Å². The van der Waals surface area contributed by atoms with Crippen LogP contribution in [-0.2, 0) is 4.79 Å². The number of carbonyl (C=O) groups is 1. The predicted octanol–water partition coefficient (Wildman–Crippen LogP) is 3.48. The highest BCUT2D eigenvalue weighted by Gasteiger charge is 2.23. The minimum atomic E-state index is -1.75. The number of carbonyl (C=O) groups excluding carboxylic acids is 1. The van der Waals surface area contributed by atoms with Gasteiger partial charge < -0.3 is 5.73 Å². The molecule has 0 unspecified atom stereocenters. The van der Waals surface area contributed by atoms with Crippen LogP contribution in [0, 0.1) is 0 Å². The van der Waals surface area contributed by atoms with Crippen molar-refractivity contribution in [2.45, 2.75) is 3.79 Å². The fraction of sp³-hybridized carbons (Fsp3) is 0.0833. The van der Waals surface area contributed by atoms with Gasteiger partial charge in [0, 0.05) is 6.08 Å². The van der Waals surface area contributed by atoms with E-state index in [1.807, 2.05) is 30.3 Å². The Labute approximate surface area is 115 Å². The van der Waals surface area contributed by atoms with Gasteiger partial charge in [-0.05, 0) is 11.6 Å². The summed E-state index contributed by atoms with van der Waals surface area (Å²) in [7, 11) is 0. The average molecular weight is 291 g/mol. The lowest BCUT2D eigenvalue weighted by molar-refractivity contribution is -0.110. The van der Waals surface area contributed by atoms with Gasteiger partial charge in [0.1, 0.15) is 0 Å². The molecule has 0 saturated carbocycles. The third-order valence-corrected chi connectivity index (χ3v) is 2.52. The number of hydrogen-bond donors (Lipinski definition) is 1. The average Bonchev–Trinajstić information content (AvgIpc) is 2.26. The lowest BCUT2D eigenvalue weighted by Crippen LogP contribution is -2.16. The van der Waals surface area contributed by atoms with Gasteiger partial charge in [0.15, 0.2) is 5.78 Å². The van der Waals surface area contributed by atoms with Gasteiger partial charge in [-0.15, -0.1) is 0 Å². The van der Waals surface area contributed by atoms with Crippen molar-refractivity contribution in [3.05, 3.63) is 53.7 Å². The summed E-state index contributed by atoms with van der Waals surface area (Å²) in [5.74, 6) is -0.335. The zero-order valence-electron chi connectivity index (χ0n) is 8.74. The molecule has 0 amide bonds. The summed E-state index contributed by atoms with van der Waals surface area (Å²) in [5.41, 5.74) is 6.23. The third kappa shape index (κ3) is 5.26. The highest BCUT2D eigenvalue weighted by atomic mass is 35.6. The van der Waals surface area contributed by atoms with Crippen LogP contribution in [0.25, 0.3) is 6.08 Å². The van der Waals surface area contributed by atoms with Gasteiger partial charge in [0.25, 0.3) is 0 Å². The number of hydrogen-bond acceptors (Lipinski definition) is 2. The van der Waals surface area contributed by atoms with Crippen LogP contribution in [0.4, 0.5) is 0 Å². The molecule has 5 heteroatoms. The van der Waals surface area contributed by atoms with Crippen LogP contribution in [0.3, 0.4) is 0 Å². The Bertz CT molecular complexity index is 447. The molecule has 0 atom stereocenters. The Morgan fingerprint density at radius 3 is 2.29 bits per heavy atom. The minimum Gasteiger partial charge on any atom is -0.398 e. The minimum absolute atomic E-state index is 0.106. The quantitative estimate of drug-likeness (QED) is 0.684. The monoisotopic (exact) mass is 289 g/mol.